The van der Waals surface area contributed by atoms with Gasteiger partial charge in [-0.3, -0.25) is 0 Å². The Morgan fingerprint density at radius 2 is 2.00 bits per heavy atom. The molecule has 4 nitrogen and oxygen atoms in total. The Morgan fingerprint density at radius 1 is 1.33 bits per heavy atom. The predicted molar refractivity (Wildman–Crippen MR) is 44.7 cm³/mol. The van der Waals surface area contributed by atoms with Crippen LogP contribution in [0.2, 0.25) is 0 Å². The van der Waals surface area contributed by atoms with Gasteiger partial charge in [0.1, 0.15) is 0 Å². The van der Waals surface area contributed by atoms with Crippen molar-refractivity contribution in [2.45, 2.75) is 37.9 Å². The van der Waals surface area contributed by atoms with Gasteiger partial charge in [0.2, 0.25) is 0 Å². The van der Waals surface area contributed by atoms with Gasteiger partial charge in [0, 0.05) is 26.7 Å². The first-order valence-corrected chi connectivity index (χ1v) is 4.15. The number of methoxy groups -OCH3 is 2. The first kappa shape index (κ1) is 9.92. The van der Waals surface area contributed by atoms with Crippen molar-refractivity contribution in [1.82, 2.24) is 0 Å². The second kappa shape index (κ2) is 4.18. The Kier molecular flexibility index (Phi) is 3.46. The van der Waals surface area contributed by atoms with Crippen molar-refractivity contribution in [3.63, 3.8) is 0 Å². The zero-order valence-corrected chi connectivity index (χ0v) is 7.82. The molecule has 0 spiro atoms. The zero-order valence-electron chi connectivity index (χ0n) is 7.82. The van der Waals surface area contributed by atoms with E-state index in [4.69, 9.17) is 19.9 Å². The lowest BCUT2D eigenvalue weighted by Gasteiger charge is -2.37. The summed E-state index contributed by atoms with van der Waals surface area (Å²) in [5, 5.41) is 0. The third kappa shape index (κ3) is 1.95. The van der Waals surface area contributed by atoms with Crippen molar-refractivity contribution in [1.29, 1.82) is 0 Å². The molecule has 0 radical (unpaired) electrons. The van der Waals surface area contributed by atoms with Gasteiger partial charge in [-0.2, -0.15) is 0 Å². The van der Waals surface area contributed by atoms with Gasteiger partial charge >= 0.3 is 0 Å². The molecular weight excluding hydrogens is 158 g/mol. The van der Waals surface area contributed by atoms with Crippen LogP contribution in [0, 0.1) is 0 Å². The quantitative estimate of drug-likeness (QED) is 0.647. The molecule has 4 atom stereocenters. The average Bonchev–Trinajstić information content (AvgIpc) is 2.03. The van der Waals surface area contributed by atoms with Crippen LogP contribution in [0.25, 0.3) is 0 Å². The standard InChI is InChI=1S/C8H17NO3/c1-5-8(11-3)6(9)4-7(10-2)12-5/h5-8H,4,9H2,1-3H3/t5-,6?,7+,8+/m1/s1. The lowest BCUT2D eigenvalue weighted by atomic mass is 10.0. The summed E-state index contributed by atoms with van der Waals surface area (Å²) in [5.41, 5.74) is 5.86. The van der Waals surface area contributed by atoms with Gasteiger partial charge in [-0.25, -0.2) is 0 Å². The Labute approximate surface area is 73.0 Å². The van der Waals surface area contributed by atoms with E-state index < -0.39 is 0 Å². The fraction of sp³-hybridized carbons (Fsp3) is 1.00. The van der Waals surface area contributed by atoms with Gasteiger partial charge in [-0.05, 0) is 6.92 Å². The Balaban J connectivity index is 2.51. The van der Waals surface area contributed by atoms with Gasteiger partial charge in [0.25, 0.3) is 0 Å². The normalized spacial score (nSPS) is 43.0. The monoisotopic (exact) mass is 175 g/mol. The van der Waals surface area contributed by atoms with Crippen molar-refractivity contribution in [2.24, 2.45) is 5.73 Å². The molecular formula is C8H17NO3. The van der Waals surface area contributed by atoms with Crippen LogP contribution < -0.4 is 5.73 Å². The first-order valence-electron chi connectivity index (χ1n) is 4.15. The fourth-order valence-electron chi connectivity index (χ4n) is 1.60. The van der Waals surface area contributed by atoms with Crippen molar-refractivity contribution in [3.8, 4) is 0 Å². The molecule has 0 bridgehead atoms. The molecule has 2 N–H and O–H groups in total. The molecule has 0 aromatic rings. The molecule has 1 unspecified atom stereocenters. The van der Waals surface area contributed by atoms with Crippen LogP contribution in [0.4, 0.5) is 0 Å². The lowest BCUT2D eigenvalue weighted by Crippen LogP contribution is -2.52. The summed E-state index contributed by atoms with van der Waals surface area (Å²) in [6, 6.07) is 0.00343. The van der Waals surface area contributed by atoms with Crippen LogP contribution in [-0.4, -0.2) is 38.8 Å². The van der Waals surface area contributed by atoms with Crippen LogP contribution in [0.1, 0.15) is 13.3 Å². The van der Waals surface area contributed by atoms with Gasteiger partial charge in [0.05, 0.1) is 12.2 Å². The largest absolute Gasteiger partial charge is 0.377 e. The molecule has 1 aliphatic rings. The molecule has 12 heavy (non-hydrogen) atoms. The van der Waals surface area contributed by atoms with Crippen molar-refractivity contribution in [3.05, 3.63) is 0 Å². The molecule has 1 rings (SSSR count). The summed E-state index contributed by atoms with van der Waals surface area (Å²) >= 11 is 0. The second-order valence-corrected chi connectivity index (χ2v) is 3.11. The maximum atomic E-state index is 5.86. The number of hydrogen-bond donors (Lipinski definition) is 1. The van der Waals surface area contributed by atoms with Gasteiger partial charge < -0.3 is 19.9 Å². The van der Waals surface area contributed by atoms with E-state index in [0.29, 0.717) is 6.42 Å². The van der Waals surface area contributed by atoms with Crippen molar-refractivity contribution < 1.29 is 14.2 Å². The van der Waals surface area contributed by atoms with Crippen LogP contribution in [0.3, 0.4) is 0 Å². The van der Waals surface area contributed by atoms with E-state index >= 15 is 0 Å². The minimum atomic E-state index is -0.179. The smallest absolute Gasteiger partial charge is 0.159 e. The summed E-state index contributed by atoms with van der Waals surface area (Å²) in [4.78, 5) is 0. The van der Waals surface area contributed by atoms with Crippen LogP contribution in [-0.2, 0) is 14.2 Å². The summed E-state index contributed by atoms with van der Waals surface area (Å²) in [7, 11) is 3.27. The third-order valence-electron chi connectivity index (χ3n) is 2.25. The van der Waals surface area contributed by atoms with Gasteiger partial charge in [-0.1, -0.05) is 0 Å². The van der Waals surface area contributed by atoms with Crippen molar-refractivity contribution >= 4 is 0 Å². The highest BCUT2D eigenvalue weighted by Gasteiger charge is 2.34. The lowest BCUT2D eigenvalue weighted by molar-refractivity contribution is -0.216. The van der Waals surface area contributed by atoms with E-state index in [0.717, 1.165) is 0 Å². The maximum Gasteiger partial charge on any atom is 0.159 e. The maximum absolute atomic E-state index is 5.86. The van der Waals surface area contributed by atoms with Crippen molar-refractivity contribution in [2.75, 3.05) is 14.2 Å². The predicted octanol–water partition coefficient (Wildman–Crippen LogP) is 0.110. The van der Waals surface area contributed by atoms with E-state index in [-0.39, 0.29) is 24.5 Å². The molecule has 0 aromatic heterocycles. The highest BCUT2D eigenvalue weighted by Crippen LogP contribution is 2.20. The van der Waals surface area contributed by atoms with E-state index in [1.165, 1.54) is 0 Å². The number of hydrogen-bond acceptors (Lipinski definition) is 4. The first-order chi connectivity index (χ1) is 5.69. The molecule has 0 aliphatic carbocycles. The third-order valence-corrected chi connectivity index (χ3v) is 2.25. The minimum Gasteiger partial charge on any atom is -0.377 e. The van der Waals surface area contributed by atoms with E-state index in [1.54, 1.807) is 14.2 Å². The molecule has 0 amide bonds. The number of ether oxygens (including phenoxy) is 3. The van der Waals surface area contributed by atoms with Crippen LogP contribution >= 0.6 is 0 Å². The molecule has 1 fully saturated rings. The highest BCUT2D eigenvalue weighted by molar-refractivity contribution is 4.84. The summed E-state index contributed by atoms with van der Waals surface area (Å²) in [5.74, 6) is 0. The average molecular weight is 175 g/mol. The molecule has 0 saturated carbocycles. The topological polar surface area (TPSA) is 53.7 Å². The van der Waals surface area contributed by atoms with E-state index in [9.17, 15) is 0 Å². The van der Waals surface area contributed by atoms with Gasteiger partial charge in [0.15, 0.2) is 6.29 Å². The summed E-state index contributed by atoms with van der Waals surface area (Å²) in [6.07, 6.45) is 0.501. The molecule has 72 valence electrons. The fourth-order valence-corrected chi connectivity index (χ4v) is 1.60. The minimum absolute atomic E-state index is 0.00343. The second-order valence-electron chi connectivity index (χ2n) is 3.11. The molecule has 1 aliphatic heterocycles. The number of nitrogens with two attached hydrogens (primary N) is 1. The zero-order chi connectivity index (χ0) is 9.14. The Hall–Kier alpha value is -0.160. The van der Waals surface area contributed by atoms with Crippen LogP contribution in [0.5, 0.6) is 0 Å². The molecule has 1 saturated heterocycles. The Morgan fingerprint density at radius 3 is 2.42 bits per heavy atom. The van der Waals surface area contributed by atoms with E-state index in [1.807, 2.05) is 6.92 Å². The van der Waals surface area contributed by atoms with E-state index in [2.05, 4.69) is 0 Å². The summed E-state index contributed by atoms with van der Waals surface area (Å²) in [6.45, 7) is 1.94. The van der Waals surface area contributed by atoms with Crippen LogP contribution in [0.15, 0.2) is 0 Å². The number of rotatable bonds is 2. The molecule has 1 heterocycles. The SMILES string of the molecule is CO[C@@H]1CC(N)[C@@H](OC)[C@@H](C)O1. The Bertz CT molecular complexity index is 130. The molecule has 0 aromatic carbocycles. The van der Waals surface area contributed by atoms with Gasteiger partial charge in [-0.15, -0.1) is 0 Å². The summed E-state index contributed by atoms with van der Waals surface area (Å²) < 4.78 is 15.8. The highest BCUT2D eigenvalue weighted by atomic mass is 16.7. The molecule has 4 heteroatoms.